The van der Waals surface area contributed by atoms with Gasteiger partial charge in [-0.05, 0) is 81.4 Å². The second-order valence-electron chi connectivity index (χ2n) is 9.91. The van der Waals surface area contributed by atoms with E-state index >= 15 is 0 Å². The third kappa shape index (κ3) is 2.77. The van der Waals surface area contributed by atoms with E-state index in [-0.39, 0.29) is 0 Å². The van der Waals surface area contributed by atoms with E-state index in [0.717, 1.165) is 29.3 Å². The van der Waals surface area contributed by atoms with E-state index in [4.69, 9.17) is 0 Å². The molecule has 154 valence electrons. The van der Waals surface area contributed by atoms with Crippen molar-refractivity contribution >= 4 is 16.6 Å². The summed E-state index contributed by atoms with van der Waals surface area (Å²) in [6.45, 7) is 3.33. The first kappa shape index (κ1) is 18.3. The first-order valence-corrected chi connectivity index (χ1v) is 12.0. The number of aromatic nitrogens is 1. The number of nitriles is 1. The number of hydrogen-bond acceptors (Lipinski definition) is 2. The van der Waals surface area contributed by atoms with E-state index in [0.29, 0.717) is 12.1 Å². The summed E-state index contributed by atoms with van der Waals surface area (Å²) in [5.41, 5.74) is 6.10. The lowest BCUT2D eigenvalue weighted by atomic mass is 9.80. The van der Waals surface area contributed by atoms with Gasteiger partial charge in [0.2, 0.25) is 0 Å². The Balaban J connectivity index is 1.55. The minimum atomic E-state index is 0.533. The van der Waals surface area contributed by atoms with Crippen LogP contribution in [0.2, 0.25) is 0 Å². The normalized spacial score (nSPS) is 23.1. The Hall–Kier alpha value is -2.47. The molecule has 1 atom stereocenters. The molecule has 0 spiro atoms. The van der Waals surface area contributed by atoms with E-state index < -0.39 is 0 Å². The lowest BCUT2D eigenvalue weighted by Crippen LogP contribution is -2.36. The Morgan fingerprint density at radius 2 is 1.87 bits per heavy atom. The van der Waals surface area contributed by atoms with Crippen LogP contribution in [0.5, 0.6) is 0 Å². The van der Waals surface area contributed by atoms with Gasteiger partial charge < -0.3 is 9.47 Å². The van der Waals surface area contributed by atoms with Crippen molar-refractivity contribution in [2.45, 2.75) is 76.3 Å². The van der Waals surface area contributed by atoms with Crippen LogP contribution >= 0.6 is 0 Å². The maximum atomic E-state index is 10.3. The summed E-state index contributed by atoms with van der Waals surface area (Å²) < 4.78 is 2.57. The van der Waals surface area contributed by atoms with Gasteiger partial charge in [-0.25, -0.2) is 0 Å². The number of nitrogens with zero attached hydrogens (tertiary/aromatic N) is 3. The van der Waals surface area contributed by atoms with Gasteiger partial charge in [0.25, 0.3) is 0 Å². The van der Waals surface area contributed by atoms with Gasteiger partial charge in [-0.15, -0.1) is 0 Å². The summed E-state index contributed by atoms with van der Waals surface area (Å²) in [5.74, 6) is 1.52. The van der Waals surface area contributed by atoms with Gasteiger partial charge in [-0.1, -0.05) is 30.7 Å². The third-order valence-electron chi connectivity index (χ3n) is 8.20. The van der Waals surface area contributed by atoms with Crippen LogP contribution in [0, 0.1) is 17.2 Å². The molecule has 0 saturated heterocycles. The largest absolute Gasteiger partial charge is 0.363 e. The van der Waals surface area contributed by atoms with E-state index in [1.165, 1.54) is 73.8 Å². The van der Waals surface area contributed by atoms with Crippen molar-refractivity contribution in [3.63, 3.8) is 0 Å². The van der Waals surface area contributed by atoms with Crippen molar-refractivity contribution in [3.8, 4) is 6.07 Å². The average Bonchev–Trinajstić information content (AvgIpc) is 3.49. The molecule has 0 bridgehead atoms. The highest BCUT2D eigenvalue weighted by atomic mass is 15.2. The van der Waals surface area contributed by atoms with Crippen LogP contribution < -0.4 is 0 Å². The quantitative estimate of drug-likeness (QED) is 0.575. The molecule has 1 aliphatic heterocycles. The van der Waals surface area contributed by atoms with Crippen LogP contribution in [0.1, 0.15) is 87.1 Å². The number of fused-ring (bicyclic) bond motifs is 1. The van der Waals surface area contributed by atoms with Crippen molar-refractivity contribution < 1.29 is 0 Å². The molecule has 3 saturated carbocycles. The molecule has 6 rings (SSSR count). The highest BCUT2D eigenvalue weighted by Gasteiger charge is 2.36. The first-order valence-electron chi connectivity index (χ1n) is 12.0. The zero-order valence-electron chi connectivity index (χ0n) is 18.0. The maximum Gasteiger partial charge on any atom is 0.102 e. The van der Waals surface area contributed by atoms with Crippen LogP contribution in [0.4, 0.5) is 0 Å². The van der Waals surface area contributed by atoms with E-state index in [9.17, 15) is 5.26 Å². The Morgan fingerprint density at radius 1 is 1.07 bits per heavy atom. The second kappa shape index (κ2) is 7.05. The molecule has 30 heavy (non-hydrogen) atoms. The van der Waals surface area contributed by atoms with E-state index in [1.807, 2.05) is 0 Å². The number of hydrogen-bond donors (Lipinski definition) is 0. The topological polar surface area (TPSA) is 32.0 Å². The highest BCUT2D eigenvalue weighted by molar-refractivity contribution is 5.93. The smallest absolute Gasteiger partial charge is 0.102 e. The van der Waals surface area contributed by atoms with E-state index in [1.54, 1.807) is 0 Å². The van der Waals surface area contributed by atoms with E-state index in [2.05, 4.69) is 58.9 Å². The van der Waals surface area contributed by atoms with Crippen molar-refractivity contribution in [1.82, 2.24) is 9.47 Å². The molecule has 2 aromatic rings. The predicted octanol–water partition coefficient (Wildman–Crippen LogP) is 6.52. The Morgan fingerprint density at radius 3 is 2.50 bits per heavy atom. The highest BCUT2D eigenvalue weighted by Crippen LogP contribution is 2.46. The van der Waals surface area contributed by atoms with Gasteiger partial charge in [0.15, 0.2) is 0 Å². The zero-order valence-corrected chi connectivity index (χ0v) is 18.0. The number of rotatable bonds is 5. The monoisotopic (exact) mass is 397 g/mol. The third-order valence-corrected chi connectivity index (χ3v) is 8.20. The lowest BCUT2D eigenvalue weighted by molar-refractivity contribution is 0.293. The molecular formula is C27H31N3. The summed E-state index contributed by atoms with van der Waals surface area (Å²) >= 11 is 0. The molecule has 3 heteroatoms. The molecule has 4 aliphatic rings. The molecule has 3 aliphatic carbocycles. The summed E-state index contributed by atoms with van der Waals surface area (Å²) in [5, 5.41) is 11.4. The van der Waals surface area contributed by atoms with Crippen molar-refractivity contribution in [2.75, 3.05) is 6.54 Å². The van der Waals surface area contributed by atoms with Crippen LogP contribution in [0.25, 0.3) is 16.6 Å². The van der Waals surface area contributed by atoms with Crippen LogP contribution in [0.3, 0.4) is 0 Å². The summed E-state index contributed by atoms with van der Waals surface area (Å²) in [7, 11) is 0. The number of benzene rings is 1. The molecule has 0 unspecified atom stereocenters. The first-order chi connectivity index (χ1) is 14.8. The van der Waals surface area contributed by atoms with Crippen LogP contribution in [0.15, 0.2) is 36.4 Å². The molecular weight excluding hydrogens is 366 g/mol. The zero-order chi connectivity index (χ0) is 20.2. The van der Waals surface area contributed by atoms with Gasteiger partial charge in [0.05, 0.1) is 22.5 Å². The average molecular weight is 398 g/mol. The van der Waals surface area contributed by atoms with Gasteiger partial charge in [0.1, 0.15) is 6.07 Å². The van der Waals surface area contributed by atoms with Gasteiger partial charge in [0, 0.05) is 24.0 Å². The minimum absolute atomic E-state index is 0.533. The molecule has 0 amide bonds. The predicted molar refractivity (Wildman–Crippen MR) is 122 cm³/mol. The van der Waals surface area contributed by atoms with Crippen molar-refractivity contribution in [1.29, 1.82) is 5.26 Å². The standard InChI is InChI=1S/C27H31N3/c1-18(19-11-12-19)29-15-3-2-10-25(29)27-24(17-28)23-14-13-21(20-6-4-7-20)16-26(23)30(27)22-8-5-9-22/h2-3,10,13-14,16,18-20,22H,4-9,11-12,15H2,1H3/t18-/m0/s1. The van der Waals surface area contributed by atoms with Gasteiger partial charge in [-0.3, -0.25) is 0 Å². The Labute approximate surface area is 179 Å². The fourth-order valence-electron chi connectivity index (χ4n) is 5.67. The Bertz CT molecular complexity index is 1080. The maximum absolute atomic E-state index is 10.3. The van der Waals surface area contributed by atoms with Crippen LogP contribution in [-0.2, 0) is 0 Å². The molecule has 1 aromatic heterocycles. The minimum Gasteiger partial charge on any atom is -0.363 e. The fourth-order valence-corrected chi connectivity index (χ4v) is 5.67. The molecule has 1 aromatic carbocycles. The lowest BCUT2D eigenvalue weighted by Gasteiger charge is -2.37. The van der Waals surface area contributed by atoms with Gasteiger partial charge in [-0.2, -0.15) is 5.26 Å². The second-order valence-corrected chi connectivity index (χ2v) is 9.91. The molecule has 0 radical (unpaired) electrons. The van der Waals surface area contributed by atoms with Crippen LogP contribution in [-0.4, -0.2) is 22.1 Å². The summed E-state index contributed by atoms with van der Waals surface area (Å²) in [6.07, 6.45) is 17.2. The van der Waals surface area contributed by atoms with Gasteiger partial charge >= 0.3 is 0 Å². The molecule has 3 fully saturated rings. The fraction of sp³-hybridized carbons (Fsp3) is 0.519. The summed E-state index contributed by atoms with van der Waals surface area (Å²) in [4.78, 5) is 2.56. The SMILES string of the molecule is C[C@@H](C1CC1)N1CC=CC=C1c1c(C#N)c2ccc(C3CCC3)cc2n1C1CCC1. The number of allylic oxidation sites excluding steroid dienone is 2. The Kier molecular flexibility index (Phi) is 4.30. The molecule has 3 nitrogen and oxygen atoms in total. The molecule has 0 N–H and O–H groups in total. The summed E-state index contributed by atoms with van der Waals surface area (Å²) in [6, 6.07) is 10.7. The van der Waals surface area contributed by atoms with Crippen molar-refractivity contribution in [3.05, 3.63) is 53.2 Å². The van der Waals surface area contributed by atoms with Crippen molar-refractivity contribution in [2.24, 2.45) is 5.92 Å². The molecule has 2 heterocycles.